The van der Waals surface area contributed by atoms with Gasteiger partial charge in [-0.1, -0.05) is 0 Å². The number of alkyl halides is 1. The lowest BCUT2D eigenvalue weighted by Crippen LogP contribution is -2.30. The van der Waals surface area contributed by atoms with E-state index in [2.05, 4.69) is 5.32 Å². The Morgan fingerprint density at radius 2 is 2.27 bits per heavy atom. The third kappa shape index (κ3) is 7.62. The van der Waals surface area contributed by atoms with E-state index in [0.29, 0.717) is 12.4 Å². The number of rotatable bonds is 5. The SMILES string of the molecule is CC(C)OCC(=O)NCCCl. The Bertz CT molecular complexity index is 117. The van der Waals surface area contributed by atoms with Gasteiger partial charge in [0, 0.05) is 12.4 Å². The first kappa shape index (κ1) is 10.7. The number of carbonyl (C=O) groups is 1. The highest BCUT2D eigenvalue weighted by Gasteiger charge is 2.00. The Labute approximate surface area is 72.1 Å². The summed E-state index contributed by atoms with van der Waals surface area (Å²) < 4.78 is 5.05. The number of ether oxygens (including phenoxy) is 1. The van der Waals surface area contributed by atoms with Crippen LogP contribution in [0.2, 0.25) is 0 Å². The maximum Gasteiger partial charge on any atom is 0.246 e. The van der Waals surface area contributed by atoms with Crippen LogP contribution in [0.4, 0.5) is 0 Å². The van der Waals surface area contributed by atoms with E-state index in [9.17, 15) is 4.79 Å². The van der Waals surface area contributed by atoms with Crippen molar-refractivity contribution in [3.05, 3.63) is 0 Å². The predicted molar refractivity (Wildman–Crippen MR) is 44.8 cm³/mol. The molecule has 0 aromatic carbocycles. The maximum atomic E-state index is 10.8. The topological polar surface area (TPSA) is 38.3 Å². The zero-order valence-corrected chi connectivity index (χ0v) is 7.65. The molecule has 0 atom stereocenters. The first-order valence-electron chi connectivity index (χ1n) is 3.61. The largest absolute Gasteiger partial charge is 0.369 e. The van der Waals surface area contributed by atoms with Crippen LogP contribution in [0.5, 0.6) is 0 Å². The van der Waals surface area contributed by atoms with Crippen molar-refractivity contribution in [3.63, 3.8) is 0 Å². The lowest BCUT2D eigenvalue weighted by molar-refractivity contribution is -0.126. The van der Waals surface area contributed by atoms with Crippen LogP contribution in [0.1, 0.15) is 13.8 Å². The molecule has 11 heavy (non-hydrogen) atoms. The molecular formula is C7H14ClNO2. The summed E-state index contributed by atoms with van der Waals surface area (Å²) in [6.45, 7) is 4.39. The second-order valence-electron chi connectivity index (χ2n) is 2.40. The fourth-order valence-corrected chi connectivity index (χ4v) is 0.575. The van der Waals surface area contributed by atoms with Gasteiger partial charge in [-0.2, -0.15) is 0 Å². The van der Waals surface area contributed by atoms with Gasteiger partial charge in [0.2, 0.25) is 5.91 Å². The first-order chi connectivity index (χ1) is 5.16. The molecule has 0 aliphatic rings. The Morgan fingerprint density at radius 1 is 1.64 bits per heavy atom. The van der Waals surface area contributed by atoms with Crippen LogP contribution in [0.15, 0.2) is 0 Å². The molecule has 0 rings (SSSR count). The van der Waals surface area contributed by atoms with Crippen molar-refractivity contribution >= 4 is 17.5 Å². The second kappa shape index (κ2) is 6.43. The van der Waals surface area contributed by atoms with Crippen LogP contribution in [-0.4, -0.2) is 31.0 Å². The molecule has 0 aliphatic carbocycles. The molecule has 0 aliphatic heterocycles. The standard InChI is InChI=1S/C7H14ClNO2/c1-6(2)11-5-7(10)9-4-3-8/h6H,3-5H2,1-2H3,(H,9,10). The van der Waals surface area contributed by atoms with E-state index in [0.717, 1.165) is 0 Å². The summed E-state index contributed by atoms with van der Waals surface area (Å²) in [6.07, 6.45) is 0.0942. The number of amides is 1. The molecule has 0 aromatic heterocycles. The van der Waals surface area contributed by atoms with E-state index in [1.165, 1.54) is 0 Å². The Hall–Kier alpha value is -0.280. The van der Waals surface area contributed by atoms with Gasteiger partial charge in [0.05, 0.1) is 6.10 Å². The second-order valence-corrected chi connectivity index (χ2v) is 2.78. The van der Waals surface area contributed by atoms with Crippen LogP contribution < -0.4 is 5.32 Å². The molecule has 0 fully saturated rings. The van der Waals surface area contributed by atoms with Crippen molar-refractivity contribution in [2.45, 2.75) is 20.0 Å². The van der Waals surface area contributed by atoms with E-state index in [-0.39, 0.29) is 18.6 Å². The van der Waals surface area contributed by atoms with E-state index in [1.54, 1.807) is 0 Å². The Balaban J connectivity index is 3.23. The monoisotopic (exact) mass is 179 g/mol. The average Bonchev–Trinajstić information content (AvgIpc) is 1.97. The van der Waals surface area contributed by atoms with E-state index >= 15 is 0 Å². The molecule has 1 amide bonds. The first-order valence-corrected chi connectivity index (χ1v) is 4.14. The lowest BCUT2D eigenvalue weighted by Gasteiger charge is -2.06. The van der Waals surface area contributed by atoms with E-state index in [4.69, 9.17) is 16.3 Å². The molecule has 3 nitrogen and oxygen atoms in total. The molecule has 0 unspecified atom stereocenters. The zero-order chi connectivity index (χ0) is 8.69. The highest BCUT2D eigenvalue weighted by molar-refractivity contribution is 6.18. The zero-order valence-electron chi connectivity index (χ0n) is 6.89. The molecule has 4 heteroatoms. The Morgan fingerprint density at radius 3 is 2.73 bits per heavy atom. The summed E-state index contributed by atoms with van der Waals surface area (Å²) in [6, 6.07) is 0. The summed E-state index contributed by atoms with van der Waals surface area (Å²) in [4.78, 5) is 10.8. The minimum atomic E-state index is -0.112. The average molecular weight is 180 g/mol. The summed E-state index contributed by atoms with van der Waals surface area (Å²) in [5, 5.41) is 2.59. The quantitative estimate of drug-likeness (QED) is 0.634. The van der Waals surface area contributed by atoms with Gasteiger partial charge in [0.25, 0.3) is 0 Å². The van der Waals surface area contributed by atoms with Crippen LogP contribution in [0, 0.1) is 0 Å². The van der Waals surface area contributed by atoms with Crippen molar-refractivity contribution < 1.29 is 9.53 Å². The molecule has 0 saturated heterocycles. The van der Waals surface area contributed by atoms with Crippen molar-refractivity contribution in [1.29, 1.82) is 0 Å². The number of hydrogen-bond acceptors (Lipinski definition) is 2. The summed E-state index contributed by atoms with van der Waals surface area (Å²) in [7, 11) is 0. The summed E-state index contributed by atoms with van der Waals surface area (Å²) in [5.41, 5.74) is 0. The normalized spacial score (nSPS) is 10.2. The van der Waals surface area contributed by atoms with Crippen molar-refractivity contribution in [2.75, 3.05) is 19.0 Å². The van der Waals surface area contributed by atoms with Gasteiger partial charge in [0.1, 0.15) is 6.61 Å². The third-order valence-electron chi connectivity index (χ3n) is 0.964. The molecule has 0 bridgehead atoms. The number of carbonyl (C=O) groups excluding carboxylic acids is 1. The minimum absolute atomic E-state index is 0.0942. The smallest absolute Gasteiger partial charge is 0.246 e. The van der Waals surface area contributed by atoms with Gasteiger partial charge in [-0.15, -0.1) is 11.6 Å². The van der Waals surface area contributed by atoms with Crippen LogP contribution in [0.3, 0.4) is 0 Å². The molecule has 0 heterocycles. The molecule has 0 radical (unpaired) electrons. The van der Waals surface area contributed by atoms with Crippen molar-refractivity contribution in [3.8, 4) is 0 Å². The van der Waals surface area contributed by atoms with E-state index in [1.807, 2.05) is 13.8 Å². The van der Waals surface area contributed by atoms with Gasteiger partial charge >= 0.3 is 0 Å². The third-order valence-corrected chi connectivity index (χ3v) is 1.15. The van der Waals surface area contributed by atoms with Crippen LogP contribution in [0.25, 0.3) is 0 Å². The number of halogens is 1. The molecule has 0 saturated carbocycles. The van der Waals surface area contributed by atoms with E-state index < -0.39 is 0 Å². The molecule has 66 valence electrons. The summed E-state index contributed by atoms with van der Waals surface area (Å²) in [5.74, 6) is 0.326. The molecule has 0 spiro atoms. The van der Waals surface area contributed by atoms with Gasteiger partial charge in [0.15, 0.2) is 0 Å². The highest BCUT2D eigenvalue weighted by Crippen LogP contribution is 1.85. The van der Waals surface area contributed by atoms with Gasteiger partial charge in [-0.3, -0.25) is 4.79 Å². The van der Waals surface area contributed by atoms with Gasteiger partial charge < -0.3 is 10.1 Å². The number of nitrogens with one attached hydrogen (secondary N) is 1. The minimum Gasteiger partial charge on any atom is -0.369 e. The molecule has 0 aromatic rings. The maximum absolute atomic E-state index is 10.8. The fourth-order valence-electron chi connectivity index (χ4n) is 0.480. The van der Waals surface area contributed by atoms with Crippen molar-refractivity contribution in [1.82, 2.24) is 5.32 Å². The predicted octanol–water partition coefficient (Wildman–Crippen LogP) is 0.766. The molecule has 1 N–H and O–H groups in total. The van der Waals surface area contributed by atoms with Crippen LogP contribution >= 0.6 is 11.6 Å². The van der Waals surface area contributed by atoms with Gasteiger partial charge in [-0.05, 0) is 13.8 Å². The Kier molecular flexibility index (Phi) is 6.27. The lowest BCUT2D eigenvalue weighted by atomic mass is 10.5. The van der Waals surface area contributed by atoms with Crippen molar-refractivity contribution in [2.24, 2.45) is 0 Å². The number of hydrogen-bond donors (Lipinski definition) is 1. The summed E-state index contributed by atoms with van der Waals surface area (Å²) >= 11 is 5.35. The van der Waals surface area contributed by atoms with Crippen LogP contribution in [-0.2, 0) is 9.53 Å². The molecular weight excluding hydrogens is 166 g/mol. The fraction of sp³-hybridized carbons (Fsp3) is 0.857. The highest BCUT2D eigenvalue weighted by atomic mass is 35.5. The van der Waals surface area contributed by atoms with Gasteiger partial charge in [-0.25, -0.2) is 0 Å².